The Morgan fingerprint density at radius 3 is 2.88 bits per heavy atom. The zero-order chi connectivity index (χ0) is 17.6. The third kappa shape index (κ3) is 3.63. The molecule has 0 aliphatic heterocycles. The lowest BCUT2D eigenvalue weighted by molar-refractivity contribution is 0.100. The van der Waals surface area contributed by atoms with E-state index in [0.717, 1.165) is 5.56 Å². The molecular formula is C17H16N6O2. The first-order chi connectivity index (χ1) is 12.2. The summed E-state index contributed by atoms with van der Waals surface area (Å²) in [6.45, 7) is 0. The molecular weight excluding hydrogens is 320 g/mol. The van der Waals surface area contributed by atoms with E-state index in [2.05, 4.69) is 25.5 Å². The summed E-state index contributed by atoms with van der Waals surface area (Å²) in [7, 11) is 1.58. The number of para-hydroxylation sites is 1. The fraction of sp³-hybridized carbons (Fsp3) is 0.0588. The first-order valence-corrected chi connectivity index (χ1v) is 7.41. The summed E-state index contributed by atoms with van der Waals surface area (Å²) in [6.07, 6.45) is 4.83. The van der Waals surface area contributed by atoms with Gasteiger partial charge < -0.3 is 15.8 Å². The number of H-pyrrole nitrogens is 1. The van der Waals surface area contributed by atoms with Gasteiger partial charge in [-0.3, -0.25) is 14.9 Å². The van der Waals surface area contributed by atoms with Gasteiger partial charge in [-0.15, -0.1) is 0 Å². The molecule has 0 saturated heterocycles. The van der Waals surface area contributed by atoms with Crippen molar-refractivity contribution in [2.75, 3.05) is 12.4 Å². The standard InChI is InChI=1S/C17H16N6O2/c1-25-13-7-3-2-5-11(13)9-20-16-14(15(18)24)17(23-22-16)21-12-6-4-8-19-10-12/h2-10H,1H3,(H2,18,24)(H2,21,22,23)/b20-9+. The number of benzene rings is 1. The number of primary amides is 1. The molecule has 4 N–H and O–H groups in total. The number of aliphatic imine (C=N–C) groups is 1. The SMILES string of the molecule is COc1ccccc1/C=N/c1[nH]nc(Nc2cccnc2)c1C(N)=O. The number of methoxy groups -OCH3 is 1. The predicted molar refractivity (Wildman–Crippen MR) is 94.9 cm³/mol. The fourth-order valence-electron chi connectivity index (χ4n) is 2.23. The van der Waals surface area contributed by atoms with Crippen LogP contribution in [-0.2, 0) is 0 Å². The summed E-state index contributed by atoms with van der Waals surface area (Å²) in [4.78, 5) is 20.1. The second-order valence-electron chi connectivity index (χ2n) is 5.03. The minimum atomic E-state index is -0.646. The van der Waals surface area contributed by atoms with Crippen molar-refractivity contribution in [3.05, 3.63) is 59.9 Å². The van der Waals surface area contributed by atoms with E-state index in [4.69, 9.17) is 10.5 Å². The average Bonchev–Trinajstić information content (AvgIpc) is 3.03. The molecule has 1 amide bonds. The summed E-state index contributed by atoms with van der Waals surface area (Å²) in [5, 5.41) is 9.78. The van der Waals surface area contributed by atoms with Crippen LogP contribution in [0.15, 0.2) is 53.8 Å². The lowest BCUT2D eigenvalue weighted by atomic mass is 10.2. The van der Waals surface area contributed by atoms with Gasteiger partial charge in [-0.1, -0.05) is 12.1 Å². The molecule has 2 heterocycles. The molecule has 1 aromatic carbocycles. The van der Waals surface area contributed by atoms with Crippen LogP contribution in [0.1, 0.15) is 15.9 Å². The van der Waals surface area contributed by atoms with E-state index in [9.17, 15) is 4.79 Å². The summed E-state index contributed by atoms with van der Waals surface area (Å²) in [5.41, 5.74) is 7.09. The van der Waals surface area contributed by atoms with Gasteiger partial charge in [0.15, 0.2) is 11.6 Å². The zero-order valence-corrected chi connectivity index (χ0v) is 13.4. The Labute approximate surface area is 143 Å². The monoisotopic (exact) mass is 336 g/mol. The van der Waals surface area contributed by atoms with Crippen molar-refractivity contribution in [1.29, 1.82) is 0 Å². The highest BCUT2D eigenvalue weighted by Gasteiger charge is 2.18. The Morgan fingerprint density at radius 1 is 1.32 bits per heavy atom. The molecule has 25 heavy (non-hydrogen) atoms. The van der Waals surface area contributed by atoms with Crippen LogP contribution in [0.4, 0.5) is 17.3 Å². The highest BCUT2D eigenvalue weighted by molar-refractivity contribution is 6.03. The van der Waals surface area contributed by atoms with Gasteiger partial charge in [0.2, 0.25) is 0 Å². The lowest BCUT2D eigenvalue weighted by Gasteiger charge is -2.04. The maximum atomic E-state index is 11.8. The number of nitrogens with two attached hydrogens (primary N) is 1. The van der Waals surface area contributed by atoms with Gasteiger partial charge in [-0.2, -0.15) is 5.10 Å². The van der Waals surface area contributed by atoms with Crippen molar-refractivity contribution in [1.82, 2.24) is 15.2 Å². The summed E-state index contributed by atoms with van der Waals surface area (Å²) < 4.78 is 5.27. The van der Waals surface area contributed by atoms with Crippen molar-refractivity contribution in [3.8, 4) is 5.75 Å². The maximum Gasteiger partial charge on any atom is 0.256 e. The van der Waals surface area contributed by atoms with Gasteiger partial charge in [0, 0.05) is 18.0 Å². The molecule has 126 valence electrons. The highest BCUT2D eigenvalue weighted by atomic mass is 16.5. The van der Waals surface area contributed by atoms with Crippen molar-refractivity contribution in [2.24, 2.45) is 10.7 Å². The van der Waals surface area contributed by atoms with Crippen LogP contribution in [0.3, 0.4) is 0 Å². The minimum absolute atomic E-state index is 0.162. The molecule has 2 aromatic heterocycles. The van der Waals surface area contributed by atoms with Crippen LogP contribution in [-0.4, -0.2) is 34.4 Å². The van der Waals surface area contributed by atoms with Crippen LogP contribution in [0.25, 0.3) is 0 Å². The van der Waals surface area contributed by atoms with Gasteiger partial charge in [0.1, 0.15) is 11.3 Å². The Hall–Kier alpha value is -3.68. The molecule has 0 saturated carbocycles. The van der Waals surface area contributed by atoms with E-state index in [1.54, 1.807) is 37.9 Å². The topological polar surface area (TPSA) is 118 Å². The first-order valence-electron chi connectivity index (χ1n) is 7.41. The molecule has 3 aromatic rings. The Balaban J connectivity index is 1.92. The average molecular weight is 336 g/mol. The number of aromatic nitrogens is 3. The van der Waals surface area contributed by atoms with E-state index >= 15 is 0 Å². The number of amides is 1. The van der Waals surface area contributed by atoms with E-state index < -0.39 is 5.91 Å². The number of pyridine rings is 1. The van der Waals surface area contributed by atoms with E-state index in [0.29, 0.717) is 11.4 Å². The number of aromatic amines is 1. The Bertz CT molecular complexity index is 905. The molecule has 3 rings (SSSR count). The second-order valence-corrected chi connectivity index (χ2v) is 5.03. The maximum absolute atomic E-state index is 11.8. The zero-order valence-electron chi connectivity index (χ0n) is 13.4. The van der Waals surface area contributed by atoms with E-state index in [1.807, 2.05) is 24.3 Å². The second kappa shape index (κ2) is 7.26. The van der Waals surface area contributed by atoms with Gasteiger partial charge >= 0.3 is 0 Å². The molecule has 0 bridgehead atoms. The molecule has 8 nitrogen and oxygen atoms in total. The summed E-state index contributed by atoms with van der Waals surface area (Å²) in [6, 6.07) is 10.9. The molecule has 0 fully saturated rings. The highest BCUT2D eigenvalue weighted by Crippen LogP contribution is 2.26. The number of anilines is 2. The van der Waals surface area contributed by atoms with Crippen LogP contribution in [0, 0.1) is 0 Å². The number of carbonyl (C=O) groups excluding carboxylic acids is 1. The molecule has 0 spiro atoms. The van der Waals surface area contributed by atoms with Gasteiger partial charge in [0.25, 0.3) is 5.91 Å². The van der Waals surface area contributed by atoms with Crippen LogP contribution < -0.4 is 15.8 Å². The van der Waals surface area contributed by atoms with Gasteiger partial charge in [0.05, 0.1) is 19.0 Å². The quantitative estimate of drug-likeness (QED) is 0.597. The lowest BCUT2D eigenvalue weighted by Crippen LogP contribution is -2.12. The smallest absolute Gasteiger partial charge is 0.256 e. The number of nitrogens with zero attached hydrogens (tertiary/aromatic N) is 3. The van der Waals surface area contributed by atoms with Crippen LogP contribution >= 0.6 is 0 Å². The van der Waals surface area contributed by atoms with Gasteiger partial charge in [-0.25, -0.2) is 4.99 Å². The van der Waals surface area contributed by atoms with Crippen LogP contribution in [0.2, 0.25) is 0 Å². The molecule has 0 aliphatic rings. The predicted octanol–water partition coefficient (Wildman–Crippen LogP) is 2.41. The summed E-state index contributed by atoms with van der Waals surface area (Å²) >= 11 is 0. The number of nitrogens with one attached hydrogen (secondary N) is 2. The number of carbonyl (C=O) groups is 1. The number of ether oxygens (including phenoxy) is 1. The summed E-state index contributed by atoms with van der Waals surface area (Å²) in [5.74, 6) is 0.560. The number of hydrogen-bond acceptors (Lipinski definition) is 6. The Kier molecular flexibility index (Phi) is 4.70. The third-order valence-electron chi connectivity index (χ3n) is 3.39. The fourth-order valence-corrected chi connectivity index (χ4v) is 2.23. The normalized spacial score (nSPS) is 10.8. The van der Waals surface area contributed by atoms with E-state index in [1.165, 1.54) is 0 Å². The molecule has 8 heteroatoms. The number of rotatable bonds is 6. The molecule has 0 radical (unpaired) electrons. The van der Waals surface area contributed by atoms with Crippen LogP contribution in [0.5, 0.6) is 5.75 Å². The van der Waals surface area contributed by atoms with E-state index in [-0.39, 0.29) is 17.2 Å². The third-order valence-corrected chi connectivity index (χ3v) is 3.39. The Morgan fingerprint density at radius 2 is 2.16 bits per heavy atom. The van der Waals surface area contributed by atoms with Gasteiger partial charge in [-0.05, 0) is 24.3 Å². The first kappa shape index (κ1) is 16.2. The molecule has 0 atom stereocenters. The van der Waals surface area contributed by atoms with Crippen molar-refractivity contribution in [3.63, 3.8) is 0 Å². The van der Waals surface area contributed by atoms with Crippen molar-refractivity contribution < 1.29 is 9.53 Å². The molecule has 0 aliphatic carbocycles. The molecule has 0 unspecified atom stereocenters. The van der Waals surface area contributed by atoms with Crippen molar-refractivity contribution >= 4 is 29.4 Å². The van der Waals surface area contributed by atoms with Crippen molar-refractivity contribution in [2.45, 2.75) is 0 Å². The largest absolute Gasteiger partial charge is 0.496 e. The number of hydrogen-bond donors (Lipinski definition) is 3. The minimum Gasteiger partial charge on any atom is -0.496 e.